The normalized spacial score (nSPS) is 30.5. The Morgan fingerprint density at radius 3 is 2.81 bits per heavy atom. The summed E-state index contributed by atoms with van der Waals surface area (Å²) in [5.41, 5.74) is 7.49. The van der Waals surface area contributed by atoms with Gasteiger partial charge in [0.05, 0.1) is 13.2 Å². The number of ether oxygens (including phenoxy) is 2. The van der Waals surface area contributed by atoms with Crippen molar-refractivity contribution in [2.45, 2.75) is 76.5 Å². The van der Waals surface area contributed by atoms with Gasteiger partial charge >= 0.3 is 12.1 Å². The van der Waals surface area contributed by atoms with Crippen molar-refractivity contribution in [2.24, 2.45) is 23.5 Å². The second-order valence-electron chi connectivity index (χ2n) is 8.70. The Bertz CT molecular complexity index is 764. The van der Waals surface area contributed by atoms with E-state index in [-0.39, 0.29) is 24.2 Å². The molecule has 2 saturated carbocycles. The van der Waals surface area contributed by atoms with Crippen LogP contribution in [-0.2, 0) is 14.3 Å². The third-order valence-corrected chi connectivity index (χ3v) is 6.46. The van der Waals surface area contributed by atoms with Crippen LogP contribution in [0.1, 0.15) is 58.8 Å². The zero-order valence-electron chi connectivity index (χ0n) is 18.7. The van der Waals surface area contributed by atoms with E-state index in [1.165, 1.54) is 12.7 Å². The lowest BCUT2D eigenvalue weighted by Gasteiger charge is -2.30. The SMILES string of the molecule is CC#CCC(C)[C@@H](/C=C/[C@H]1[C@H](O)C[C@@H]2C/C(=C\CCCC(=O)O)C[C@@]21N)OC(=O)OC. The number of carboxylic acids is 1. The monoisotopic (exact) mass is 433 g/mol. The summed E-state index contributed by atoms with van der Waals surface area (Å²) in [4.78, 5) is 22.4. The topological polar surface area (TPSA) is 119 Å². The number of nitrogens with two attached hydrogens (primary N) is 1. The number of hydrogen-bond donors (Lipinski definition) is 3. The molecule has 2 aliphatic rings. The molecule has 0 radical (unpaired) electrons. The first-order chi connectivity index (χ1) is 14.7. The van der Waals surface area contributed by atoms with Crippen molar-refractivity contribution < 1.29 is 29.3 Å². The van der Waals surface area contributed by atoms with Crippen LogP contribution in [0.2, 0.25) is 0 Å². The van der Waals surface area contributed by atoms with E-state index in [1.54, 1.807) is 13.0 Å². The highest BCUT2D eigenvalue weighted by atomic mass is 16.7. The number of rotatable bonds is 9. The molecule has 7 nitrogen and oxygen atoms in total. The third kappa shape index (κ3) is 6.59. The molecular formula is C24H35NO6. The predicted octanol–water partition coefficient (Wildman–Crippen LogP) is 3.41. The standard InChI is InChI=1S/C24H35NO6/c1-4-5-8-16(2)21(31-23(29)30-3)12-11-19-20(26)14-18-13-17(15-24(18,19)25)9-6-7-10-22(27)28/h9,11-12,16,18-21,26H,6-8,10,13-15,25H2,1-3H3,(H,27,28)/b12-11+,17-9+/t16?,18-,19-,20+,21+,24+/m0/s1. The highest BCUT2D eigenvalue weighted by Gasteiger charge is 2.54. The predicted molar refractivity (Wildman–Crippen MR) is 117 cm³/mol. The van der Waals surface area contributed by atoms with Gasteiger partial charge < -0.3 is 25.4 Å². The average molecular weight is 434 g/mol. The lowest BCUT2D eigenvalue weighted by molar-refractivity contribution is -0.137. The molecule has 0 aromatic rings. The van der Waals surface area contributed by atoms with Crippen molar-refractivity contribution in [3.8, 4) is 11.8 Å². The van der Waals surface area contributed by atoms with Gasteiger partial charge in [0.1, 0.15) is 6.10 Å². The van der Waals surface area contributed by atoms with E-state index in [4.69, 9.17) is 15.6 Å². The van der Waals surface area contributed by atoms with Crippen LogP contribution >= 0.6 is 0 Å². The van der Waals surface area contributed by atoms with Gasteiger partial charge in [0.2, 0.25) is 0 Å². The van der Waals surface area contributed by atoms with E-state index >= 15 is 0 Å². The fraction of sp³-hybridized carbons (Fsp3) is 0.667. The number of carbonyl (C=O) groups is 2. The number of carboxylic acid groups (broad SMARTS) is 1. The Hall–Kier alpha value is -2.30. The van der Waals surface area contributed by atoms with Gasteiger partial charge in [0, 0.05) is 30.2 Å². The number of aliphatic hydroxyl groups excluding tert-OH is 1. The number of aliphatic hydroxyl groups is 1. The largest absolute Gasteiger partial charge is 0.508 e. The summed E-state index contributed by atoms with van der Waals surface area (Å²) >= 11 is 0. The van der Waals surface area contributed by atoms with Gasteiger partial charge in [-0.2, -0.15) is 0 Å². The van der Waals surface area contributed by atoms with Gasteiger partial charge in [-0.3, -0.25) is 4.79 Å². The van der Waals surface area contributed by atoms with Crippen molar-refractivity contribution >= 4 is 12.1 Å². The molecule has 0 aromatic heterocycles. The number of aliphatic carboxylic acids is 1. The zero-order chi connectivity index (χ0) is 23.0. The molecule has 172 valence electrons. The highest BCUT2D eigenvalue weighted by molar-refractivity contribution is 5.66. The summed E-state index contributed by atoms with van der Waals surface area (Å²) in [5.74, 6) is 4.94. The molecule has 0 heterocycles. The van der Waals surface area contributed by atoms with Crippen molar-refractivity contribution in [3.63, 3.8) is 0 Å². The summed E-state index contributed by atoms with van der Waals surface area (Å²) in [6.07, 6.45) is 8.14. The van der Waals surface area contributed by atoms with Gasteiger partial charge in [0.15, 0.2) is 0 Å². The van der Waals surface area contributed by atoms with Gasteiger partial charge in [-0.15, -0.1) is 11.8 Å². The minimum absolute atomic E-state index is 0.0425. The number of carbonyl (C=O) groups excluding carboxylic acids is 1. The van der Waals surface area contributed by atoms with Crippen LogP contribution in [0.25, 0.3) is 0 Å². The second-order valence-corrected chi connectivity index (χ2v) is 8.70. The quantitative estimate of drug-likeness (QED) is 0.221. The minimum atomic E-state index is -0.784. The summed E-state index contributed by atoms with van der Waals surface area (Å²) in [6.45, 7) is 3.71. The van der Waals surface area contributed by atoms with Gasteiger partial charge in [-0.05, 0) is 51.0 Å². The number of fused-ring (bicyclic) bond motifs is 1. The van der Waals surface area contributed by atoms with E-state index in [0.717, 1.165) is 12.8 Å². The molecule has 2 aliphatic carbocycles. The van der Waals surface area contributed by atoms with E-state index in [1.807, 2.05) is 13.0 Å². The first-order valence-electron chi connectivity index (χ1n) is 10.9. The molecule has 0 bridgehead atoms. The molecule has 0 spiro atoms. The lowest BCUT2D eigenvalue weighted by atomic mass is 9.82. The molecule has 31 heavy (non-hydrogen) atoms. The fourth-order valence-corrected chi connectivity index (χ4v) is 4.74. The minimum Gasteiger partial charge on any atom is -0.481 e. The Morgan fingerprint density at radius 1 is 1.42 bits per heavy atom. The Morgan fingerprint density at radius 2 is 2.16 bits per heavy atom. The molecule has 7 heteroatoms. The Labute approximate surface area is 184 Å². The van der Waals surface area contributed by atoms with Crippen molar-refractivity contribution in [1.29, 1.82) is 0 Å². The maximum absolute atomic E-state index is 11.7. The van der Waals surface area contributed by atoms with Crippen LogP contribution in [0.3, 0.4) is 0 Å². The third-order valence-electron chi connectivity index (χ3n) is 6.46. The van der Waals surface area contributed by atoms with Crippen LogP contribution < -0.4 is 5.73 Å². The molecular weight excluding hydrogens is 398 g/mol. The van der Waals surface area contributed by atoms with Crippen LogP contribution in [0.5, 0.6) is 0 Å². The van der Waals surface area contributed by atoms with Crippen LogP contribution in [0, 0.1) is 29.6 Å². The molecule has 0 amide bonds. The maximum Gasteiger partial charge on any atom is 0.508 e. The summed E-state index contributed by atoms with van der Waals surface area (Å²) in [6, 6.07) is 0. The van der Waals surface area contributed by atoms with Crippen molar-refractivity contribution in [3.05, 3.63) is 23.8 Å². The molecule has 0 saturated heterocycles. The number of unbranched alkanes of at least 4 members (excludes halogenated alkanes) is 1. The van der Waals surface area contributed by atoms with Gasteiger partial charge in [0.25, 0.3) is 0 Å². The molecule has 6 atom stereocenters. The second kappa shape index (κ2) is 11.4. The van der Waals surface area contributed by atoms with Crippen LogP contribution in [0.4, 0.5) is 4.79 Å². The maximum atomic E-state index is 11.7. The average Bonchev–Trinajstić information content (AvgIpc) is 3.14. The summed E-state index contributed by atoms with van der Waals surface area (Å²) in [7, 11) is 1.27. The molecule has 0 aliphatic heterocycles. The molecule has 1 unspecified atom stereocenters. The van der Waals surface area contributed by atoms with E-state index in [9.17, 15) is 14.7 Å². The lowest BCUT2D eigenvalue weighted by Crippen LogP contribution is -2.46. The Balaban J connectivity index is 2.11. The number of methoxy groups -OCH3 is 1. The molecule has 2 rings (SSSR count). The van der Waals surface area contributed by atoms with Gasteiger partial charge in [-0.1, -0.05) is 24.6 Å². The zero-order valence-corrected chi connectivity index (χ0v) is 18.7. The van der Waals surface area contributed by atoms with E-state index in [2.05, 4.69) is 22.7 Å². The summed E-state index contributed by atoms with van der Waals surface area (Å²) < 4.78 is 10.0. The van der Waals surface area contributed by atoms with Crippen molar-refractivity contribution in [2.75, 3.05) is 7.11 Å². The molecule has 4 N–H and O–H groups in total. The first kappa shape index (κ1) is 25.0. The highest BCUT2D eigenvalue weighted by Crippen LogP contribution is 2.52. The molecule has 2 fully saturated rings. The number of allylic oxidation sites excluding steroid dienone is 1. The Kier molecular flexibility index (Phi) is 9.15. The number of hydrogen-bond acceptors (Lipinski definition) is 6. The van der Waals surface area contributed by atoms with Crippen LogP contribution in [0.15, 0.2) is 23.8 Å². The van der Waals surface area contributed by atoms with Crippen molar-refractivity contribution in [1.82, 2.24) is 0 Å². The van der Waals surface area contributed by atoms with E-state index in [0.29, 0.717) is 25.7 Å². The van der Waals surface area contributed by atoms with E-state index < -0.39 is 29.9 Å². The van der Waals surface area contributed by atoms with Crippen LogP contribution in [-0.4, -0.2) is 47.2 Å². The smallest absolute Gasteiger partial charge is 0.481 e. The fourth-order valence-electron chi connectivity index (χ4n) is 4.74. The summed E-state index contributed by atoms with van der Waals surface area (Å²) in [5, 5.41) is 19.5. The first-order valence-corrected chi connectivity index (χ1v) is 10.9. The van der Waals surface area contributed by atoms with Gasteiger partial charge in [-0.25, -0.2) is 4.79 Å². The molecule has 0 aromatic carbocycles.